The van der Waals surface area contributed by atoms with Crippen molar-refractivity contribution in [3.05, 3.63) is 23.8 Å². The molecule has 1 unspecified atom stereocenters. The summed E-state index contributed by atoms with van der Waals surface area (Å²) in [6.45, 7) is 0.136. The Morgan fingerprint density at radius 3 is 2.67 bits per heavy atom. The van der Waals surface area contributed by atoms with Gasteiger partial charge in [-0.1, -0.05) is 0 Å². The molecule has 1 atom stereocenters. The quantitative estimate of drug-likeness (QED) is 0.740. The van der Waals surface area contributed by atoms with Gasteiger partial charge in [0.25, 0.3) is 0 Å². The molecule has 6 nitrogen and oxygen atoms in total. The van der Waals surface area contributed by atoms with Gasteiger partial charge in [0.1, 0.15) is 16.9 Å². The van der Waals surface area contributed by atoms with Gasteiger partial charge in [0.15, 0.2) is 0 Å². The van der Waals surface area contributed by atoms with Crippen molar-refractivity contribution in [2.75, 3.05) is 6.61 Å². The fourth-order valence-corrected chi connectivity index (χ4v) is 2.23. The highest BCUT2D eigenvalue weighted by molar-refractivity contribution is 5.88. The van der Waals surface area contributed by atoms with Gasteiger partial charge < -0.3 is 20.1 Å². The number of phenols is 1. The van der Waals surface area contributed by atoms with Gasteiger partial charge in [0.2, 0.25) is 0 Å². The molecule has 0 fully saturated rings. The van der Waals surface area contributed by atoms with Crippen molar-refractivity contribution < 1.29 is 29.6 Å². The summed E-state index contributed by atoms with van der Waals surface area (Å²) in [6.07, 6.45) is -0.479. The van der Waals surface area contributed by atoms with Crippen LogP contribution < -0.4 is 4.74 Å². The molecule has 0 aliphatic carbocycles. The van der Waals surface area contributed by atoms with E-state index >= 15 is 0 Å². The fraction of sp³-hybridized carbons (Fsp3) is 0.333. The highest BCUT2D eigenvalue weighted by Crippen LogP contribution is 2.43. The summed E-state index contributed by atoms with van der Waals surface area (Å²) >= 11 is 0. The van der Waals surface area contributed by atoms with E-state index in [0.29, 0.717) is 5.75 Å². The van der Waals surface area contributed by atoms with Crippen molar-refractivity contribution in [3.8, 4) is 11.5 Å². The largest absolute Gasteiger partial charge is 0.508 e. The Labute approximate surface area is 102 Å². The second kappa shape index (κ2) is 4.21. The number of benzene rings is 1. The zero-order valence-electron chi connectivity index (χ0n) is 9.42. The molecule has 0 spiro atoms. The van der Waals surface area contributed by atoms with Crippen molar-refractivity contribution >= 4 is 11.9 Å². The van der Waals surface area contributed by atoms with Gasteiger partial charge in [0, 0.05) is 12.0 Å². The number of carboxylic acid groups (broad SMARTS) is 2. The maximum atomic E-state index is 11.5. The van der Waals surface area contributed by atoms with Crippen molar-refractivity contribution in [2.24, 2.45) is 0 Å². The molecule has 3 N–H and O–H groups in total. The Hall–Kier alpha value is -2.24. The number of phenolic OH excluding ortho intramolecular Hbond substituents is 1. The summed E-state index contributed by atoms with van der Waals surface area (Å²) in [5.41, 5.74) is -1.33. The van der Waals surface area contributed by atoms with Crippen molar-refractivity contribution in [1.82, 2.24) is 0 Å². The van der Waals surface area contributed by atoms with E-state index in [4.69, 9.17) is 9.84 Å². The van der Waals surface area contributed by atoms with Crippen molar-refractivity contribution in [1.29, 1.82) is 0 Å². The zero-order chi connectivity index (χ0) is 13.3. The van der Waals surface area contributed by atoms with Gasteiger partial charge >= 0.3 is 11.9 Å². The number of rotatable bonds is 3. The maximum Gasteiger partial charge on any atom is 0.315 e. The Balaban J connectivity index is 2.59. The lowest BCUT2D eigenvalue weighted by molar-refractivity contribution is -0.151. The van der Waals surface area contributed by atoms with Crippen LogP contribution in [0.5, 0.6) is 11.5 Å². The third-order valence-electron chi connectivity index (χ3n) is 3.13. The van der Waals surface area contributed by atoms with Crippen LogP contribution in [0.2, 0.25) is 0 Å². The Morgan fingerprint density at radius 2 is 2.06 bits per heavy atom. The molecule has 0 amide bonds. The van der Waals surface area contributed by atoms with E-state index in [1.165, 1.54) is 18.2 Å². The highest BCUT2D eigenvalue weighted by Gasteiger charge is 2.46. The second-order valence-electron chi connectivity index (χ2n) is 4.24. The van der Waals surface area contributed by atoms with Gasteiger partial charge in [-0.3, -0.25) is 9.59 Å². The minimum atomic E-state index is -1.54. The maximum absolute atomic E-state index is 11.5. The molecule has 0 saturated carbocycles. The molecule has 1 heterocycles. The summed E-state index contributed by atoms with van der Waals surface area (Å²) < 4.78 is 5.30. The smallest absolute Gasteiger partial charge is 0.315 e. The van der Waals surface area contributed by atoms with Crippen LogP contribution >= 0.6 is 0 Å². The van der Waals surface area contributed by atoms with Crippen LogP contribution in [0.25, 0.3) is 0 Å². The first kappa shape index (κ1) is 12.2. The van der Waals surface area contributed by atoms with E-state index in [0.717, 1.165) is 0 Å². The minimum Gasteiger partial charge on any atom is -0.508 e. The van der Waals surface area contributed by atoms with Crippen LogP contribution in [0.1, 0.15) is 18.4 Å². The van der Waals surface area contributed by atoms with E-state index in [-0.39, 0.29) is 24.3 Å². The first-order valence-corrected chi connectivity index (χ1v) is 5.37. The molecule has 0 saturated heterocycles. The number of fused-ring (bicyclic) bond motifs is 1. The Morgan fingerprint density at radius 1 is 1.33 bits per heavy atom. The predicted molar refractivity (Wildman–Crippen MR) is 59.8 cm³/mol. The number of aliphatic carboxylic acids is 2. The first-order chi connectivity index (χ1) is 8.45. The summed E-state index contributed by atoms with van der Waals surface area (Å²) in [5.74, 6) is -2.23. The number of carbonyl (C=O) groups is 2. The van der Waals surface area contributed by atoms with E-state index in [9.17, 15) is 19.8 Å². The fourth-order valence-electron chi connectivity index (χ4n) is 2.23. The predicted octanol–water partition coefficient (Wildman–Crippen LogP) is 0.972. The van der Waals surface area contributed by atoms with Crippen molar-refractivity contribution in [2.45, 2.75) is 18.3 Å². The number of carboxylic acids is 2. The average molecular weight is 252 g/mol. The van der Waals surface area contributed by atoms with Crippen LogP contribution in [0.15, 0.2) is 18.2 Å². The third kappa shape index (κ3) is 1.85. The molecule has 1 aromatic rings. The summed E-state index contributed by atoms with van der Waals surface area (Å²) in [6, 6.07) is 4.08. The van der Waals surface area contributed by atoms with Gasteiger partial charge in [0.05, 0.1) is 13.0 Å². The zero-order valence-corrected chi connectivity index (χ0v) is 9.42. The van der Waals surface area contributed by atoms with E-state index in [1.807, 2.05) is 0 Å². The second-order valence-corrected chi connectivity index (χ2v) is 4.24. The highest BCUT2D eigenvalue weighted by atomic mass is 16.5. The molecule has 6 heteroatoms. The van der Waals surface area contributed by atoms with Gasteiger partial charge in [-0.25, -0.2) is 0 Å². The molecule has 2 rings (SSSR count). The number of hydrogen-bond acceptors (Lipinski definition) is 4. The molecular weight excluding hydrogens is 240 g/mol. The molecular formula is C12H12O6. The molecule has 96 valence electrons. The van der Waals surface area contributed by atoms with Crippen molar-refractivity contribution in [3.63, 3.8) is 0 Å². The van der Waals surface area contributed by atoms with E-state index in [1.54, 1.807) is 0 Å². The van der Waals surface area contributed by atoms with E-state index < -0.39 is 23.8 Å². The third-order valence-corrected chi connectivity index (χ3v) is 3.13. The van der Waals surface area contributed by atoms with Crippen LogP contribution in [0, 0.1) is 0 Å². The molecule has 1 aromatic carbocycles. The lowest BCUT2D eigenvalue weighted by Gasteiger charge is -2.34. The summed E-state index contributed by atoms with van der Waals surface area (Å²) in [4.78, 5) is 22.4. The lowest BCUT2D eigenvalue weighted by atomic mass is 9.73. The SMILES string of the molecule is O=C(O)CC1(C(=O)O)CCOc2ccc(O)cc21. The van der Waals surface area contributed by atoms with Crippen LogP contribution in [-0.2, 0) is 15.0 Å². The average Bonchev–Trinajstić information content (AvgIpc) is 2.29. The monoisotopic (exact) mass is 252 g/mol. The molecule has 0 bridgehead atoms. The van der Waals surface area contributed by atoms with Crippen LogP contribution in [-0.4, -0.2) is 33.9 Å². The standard InChI is InChI=1S/C12H12O6/c13-7-1-2-9-8(5-7)12(11(16)17,3-4-18-9)6-10(14)15/h1-2,5,13H,3-4,6H2,(H,14,15)(H,16,17). The molecule has 0 radical (unpaired) electrons. The van der Waals surface area contributed by atoms with Gasteiger partial charge in [-0.15, -0.1) is 0 Å². The lowest BCUT2D eigenvalue weighted by Crippen LogP contribution is -2.42. The normalized spacial score (nSPS) is 21.8. The van der Waals surface area contributed by atoms with Gasteiger partial charge in [-0.05, 0) is 18.2 Å². The van der Waals surface area contributed by atoms with Gasteiger partial charge in [-0.2, -0.15) is 0 Å². The van der Waals surface area contributed by atoms with E-state index in [2.05, 4.69) is 0 Å². The Kier molecular flexibility index (Phi) is 2.86. The summed E-state index contributed by atoms with van der Waals surface area (Å²) in [5, 5.41) is 27.7. The number of ether oxygens (including phenoxy) is 1. The summed E-state index contributed by atoms with van der Waals surface area (Å²) in [7, 11) is 0. The molecule has 0 aromatic heterocycles. The number of hydrogen-bond donors (Lipinski definition) is 3. The Bertz CT molecular complexity index is 509. The number of aromatic hydroxyl groups is 1. The molecule has 1 aliphatic heterocycles. The molecule has 1 aliphatic rings. The molecule has 18 heavy (non-hydrogen) atoms. The topological polar surface area (TPSA) is 104 Å². The van der Waals surface area contributed by atoms with Crippen LogP contribution in [0.3, 0.4) is 0 Å². The first-order valence-electron chi connectivity index (χ1n) is 5.37. The van der Waals surface area contributed by atoms with Crippen LogP contribution in [0.4, 0.5) is 0 Å². The minimum absolute atomic E-state index is 0.0606.